The number of aromatic nitrogens is 3. The van der Waals surface area contributed by atoms with Crippen LogP contribution in [-0.2, 0) is 0 Å². The monoisotopic (exact) mass is 373 g/mol. The Labute approximate surface area is 161 Å². The number of methoxy groups -OCH3 is 1. The molecular formula is C22H16FN3O2. The molecule has 0 aliphatic carbocycles. The number of halogens is 1. The molecule has 0 N–H and O–H groups in total. The highest BCUT2D eigenvalue weighted by molar-refractivity contribution is 6.09. The van der Waals surface area contributed by atoms with Crippen LogP contribution in [0.3, 0.4) is 0 Å². The van der Waals surface area contributed by atoms with Gasteiger partial charge in [0.2, 0.25) is 5.78 Å². The van der Waals surface area contributed by atoms with Gasteiger partial charge in [0, 0.05) is 23.6 Å². The molecule has 0 atom stereocenters. The molecule has 0 saturated heterocycles. The van der Waals surface area contributed by atoms with E-state index in [2.05, 4.69) is 9.97 Å². The quantitative estimate of drug-likeness (QED) is 0.489. The summed E-state index contributed by atoms with van der Waals surface area (Å²) in [6, 6.07) is 16.0. The number of para-hydroxylation sites is 1. The molecule has 138 valence electrons. The van der Waals surface area contributed by atoms with Gasteiger partial charge in [0.25, 0.3) is 0 Å². The number of imidazole rings is 1. The van der Waals surface area contributed by atoms with Crippen molar-refractivity contribution in [3.8, 4) is 22.6 Å². The maximum Gasteiger partial charge on any atom is 0.216 e. The van der Waals surface area contributed by atoms with Crippen molar-refractivity contribution in [3.05, 3.63) is 96.6 Å². The van der Waals surface area contributed by atoms with Gasteiger partial charge < -0.3 is 9.30 Å². The lowest BCUT2D eigenvalue weighted by molar-refractivity contribution is 0.103. The van der Waals surface area contributed by atoms with E-state index in [9.17, 15) is 9.18 Å². The molecule has 2 heterocycles. The number of pyridine rings is 1. The Morgan fingerprint density at radius 1 is 1.11 bits per heavy atom. The fraction of sp³-hybridized carbons (Fsp3) is 0.0455. The molecule has 4 rings (SSSR count). The van der Waals surface area contributed by atoms with Crippen LogP contribution in [-0.4, -0.2) is 27.4 Å². The van der Waals surface area contributed by atoms with Gasteiger partial charge in [-0.1, -0.05) is 24.3 Å². The number of hydrogen-bond acceptors (Lipinski definition) is 4. The second kappa shape index (κ2) is 7.44. The molecule has 0 aliphatic heterocycles. The molecule has 4 aromatic rings. The predicted molar refractivity (Wildman–Crippen MR) is 103 cm³/mol. The SMILES string of the molecule is COc1ccccc1C(=O)c1cn(-c2cccc(-c3ccncc3F)c2)cn1. The first-order valence-corrected chi connectivity index (χ1v) is 8.59. The summed E-state index contributed by atoms with van der Waals surface area (Å²) in [5, 5.41) is 0. The minimum absolute atomic E-state index is 0.229. The van der Waals surface area contributed by atoms with E-state index >= 15 is 0 Å². The molecular weight excluding hydrogens is 357 g/mol. The minimum Gasteiger partial charge on any atom is -0.496 e. The summed E-state index contributed by atoms with van der Waals surface area (Å²) in [7, 11) is 1.52. The third-order valence-corrected chi connectivity index (χ3v) is 4.39. The smallest absolute Gasteiger partial charge is 0.216 e. The van der Waals surface area contributed by atoms with Crippen molar-refractivity contribution < 1.29 is 13.9 Å². The summed E-state index contributed by atoms with van der Waals surface area (Å²) in [4.78, 5) is 20.8. The third kappa shape index (κ3) is 3.27. The number of ketones is 1. The predicted octanol–water partition coefficient (Wildman–Crippen LogP) is 4.31. The van der Waals surface area contributed by atoms with E-state index in [-0.39, 0.29) is 5.78 Å². The van der Waals surface area contributed by atoms with E-state index < -0.39 is 5.82 Å². The van der Waals surface area contributed by atoms with Crippen molar-refractivity contribution in [2.75, 3.05) is 7.11 Å². The lowest BCUT2D eigenvalue weighted by Crippen LogP contribution is -2.04. The lowest BCUT2D eigenvalue weighted by atomic mass is 10.1. The van der Waals surface area contributed by atoms with Crippen LogP contribution in [0.15, 0.2) is 79.5 Å². The first kappa shape index (κ1) is 17.6. The van der Waals surface area contributed by atoms with Crippen molar-refractivity contribution in [2.45, 2.75) is 0 Å². The van der Waals surface area contributed by atoms with Gasteiger partial charge in [-0.05, 0) is 35.9 Å². The van der Waals surface area contributed by atoms with E-state index in [1.165, 1.54) is 13.3 Å². The van der Waals surface area contributed by atoms with Crippen molar-refractivity contribution in [2.24, 2.45) is 0 Å². The van der Waals surface area contributed by atoms with Crippen molar-refractivity contribution >= 4 is 5.78 Å². The van der Waals surface area contributed by atoms with Crippen LogP contribution in [0.4, 0.5) is 4.39 Å². The van der Waals surface area contributed by atoms with E-state index in [1.807, 2.05) is 24.3 Å². The van der Waals surface area contributed by atoms with Crippen LogP contribution in [0, 0.1) is 5.82 Å². The lowest BCUT2D eigenvalue weighted by Gasteiger charge is -2.07. The number of nitrogens with zero attached hydrogens (tertiary/aromatic N) is 3. The Morgan fingerprint density at radius 3 is 2.79 bits per heavy atom. The average Bonchev–Trinajstić information content (AvgIpc) is 3.24. The van der Waals surface area contributed by atoms with Gasteiger partial charge in [-0.2, -0.15) is 0 Å². The normalized spacial score (nSPS) is 10.6. The molecule has 0 bridgehead atoms. The molecule has 6 heteroatoms. The molecule has 0 fully saturated rings. The van der Waals surface area contributed by atoms with Gasteiger partial charge in [0.15, 0.2) is 0 Å². The zero-order chi connectivity index (χ0) is 19.5. The van der Waals surface area contributed by atoms with Crippen LogP contribution in [0.5, 0.6) is 5.75 Å². The van der Waals surface area contributed by atoms with Crippen molar-refractivity contribution in [1.29, 1.82) is 0 Å². The molecule has 0 unspecified atom stereocenters. The number of benzene rings is 2. The zero-order valence-electron chi connectivity index (χ0n) is 15.0. The minimum atomic E-state index is -0.391. The second-order valence-corrected chi connectivity index (χ2v) is 6.10. The second-order valence-electron chi connectivity index (χ2n) is 6.10. The van der Waals surface area contributed by atoms with Crippen LogP contribution < -0.4 is 4.74 Å². The number of ether oxygens (including phenoxy) is 1. The zero-order valence-corrected chi connectivity index (χ0v) is 15.0. The number of carbonyl (C=O) groups is 1. The van der Waals surface area contributed by atoms with Gasteiger partial charge in [0.1, 0.15) is 23.6 Å². The standard InChI is InChI=1S/C22H16FN3O2/c1-28-21-8-3-2-7-18(21)22(27)20-13-26(14-25-20)16-6-4-5-15(11-16)17-9-10-24-12-19(17)23/h2-14H,1H3. The Balaban J connectivity index is 1.68. The van der Waals surface area contributed by atoms with E-state index in [0.29, 0.717) is 28.1 Å². The summed E-state index contributed by atoms with van der Waals surface area (Å²) in [5.74, 6) is -0.123. The average molecular weight is 373 g/mol. The molecule has 0 radical (unpaired) electrons. The molecule has 5 nitrogen and oxygen atoms in total. The van der Waals surface area contributed by atoms with Crippen molar-refractivity contribution in [1.82, 2.24) is 14.5 Å². The molecule has 2 aromatic heterocycles. The molecule has 0 aliphatic rings. The van der Waals surface area contributed by atoms with Gasteiger partial charge in [-0.25, -0.2) is 9.37 Å². The topological polar surface area (TPSA) is 57.0 Å². The Hall–Kier alpha value is -3.80. The van der Waals surface area contributed by atoms with Gasteiger partial charge in [0.05, 0.1) is 18.9 Å². The Bertz CT molecular complexity index is 1150. The van der Waals surface area contributed by atoms with Gasteiger partial charge >= 0.3 is 0 Å². The first-order valence-electron chi connectivity index (χ1n) is 8.59. The summed E-state index contributed by atoms with van der Waals surface area (Å²) < 4.78 is 21.0. The molecule has 0 saturated carbocycles. The Morgan fingerprint density at radius 2 is 1.96 bits per heavy atom. The summed E-state index contributed by atoms with van der Waals surface area (Å²) in [5.41, 5.74) is 2.68. The van der Waals surface area contributed by atoms with Crippen LogP contribution >= 0.6 is 0 Å². The number of hydrogen-bond donors (Lipinski definition) is 0. The van der Waals surface area contributed by atoms with Crippen molar-refractivity contribution in [3.63, 3.8) is 0 Å². The highest BCUT2D eigenvalue weighted by Crippen LogP contribution is 2.25. The first-order chi connectivity index (χ1) is 13.7. The van der Waals surface area contributed by atoms with Crippen LogP contribution in [0.1, 0.15) is 16.1 Å². The summed E-state index contributed by atoms with van der Waals surface area (Å²) in [6.07, 6.45) is 5.94. The molecule has 0 amide bonds. The number of carbonyl (C=O) groups excluding carboxylic acids is 1. The fourth-order valence-electron chi connectivity index (χ4n) is 2.99. The van der Waals surface area contributed by atoms with E-state index in [1.54, 1.807) is 53.6 Å². The third-order valence-electron chi connectivity index (χ3n) is 4.39. The van der Waals surface area contributed by atoms with E-state index in [4.69, 9.17) is 4.74 Å². The summed E-state index contributed by atoms with van der Waals surface area (Å²) >= 11 is 0. The molecule has 2 aromatic carbocycles. The maximum atomic E-state index is 14.0. The van der Waals surface area contributed by atoms with Crippen LogP contribution in [0.25, 0.3) is 16.8 Å². The number of rotatable bonds is 5. The summed E-state index contributed by atoms with van der Waals surface area (Å²) in [6.45, 7) is 0. The van der Waals surface area contributed by atoms with Gasteiger partial charge in [-0.15, -0.1) is 0 Å². The van der Waals surface area contributed by atoms with Crippen LogP contribution in [0.2, 0.25) is 0 Å². The molecule has 0 spiro atoms. The highest BCUT2D eigenvalue weighted by Gasteiger charge is 2.17. The highest BCUT2D eigenvalue weighted by atomic mass is 19.1. The maximum absolute atomic E-state index is 14.0. The molecule has 28 heavy (non-hydrogen) atoms. The largest absolute Gasteiger partial charge is 0.496 e. The fourth-order valence-corrected chi connectivity index (χ4v) is 2.99. The van der Waals surface area contributed by atoms with E-state index in [0.717, 1.165) is 5.69 Å². The van der Waals surface area contributed by atoms with Gasteiger partial charge in [-0.3, -0.25) is 9.78 Å². The Kier molecular flexibility index (Phi) is 4.68.